The maximum absolute atomic E-state index is 12.6. The molecule has 0 spiro atoms. The lowest BCUT2D eigenvalue weighted by Crippen LogP contribution is -2.29. The monoisotopic (exact) mass is 343 g/mol. The molecule has 26 heavy (non-hydrogen) atoms. The van der Waals surface area contributed by atoms with Crippen LogP contribution in [0.1, 0.15) is 31.1 Å². The van der Waals surface area contributed by atoms with Crippen LogP contribution in [0.15, 0.2) is 72.8 Å². The van der Waals surface area contributed by atoms with Gasteiger partial charge in [-0.2, -0.15) is 0 Å². The van der Waals surface area contributed by atoms with E-state index in [1.165, 1.54) is 6.07 Å². The third kappa shape index (κ3) is 2.38. The van der Waals surface area contributed by atoms with Gasteiger partial charge in [-0.3, -0.25) is 9.59 Å². The number of nitrogens with zero attached hydrogens (tertiary/aromatic N) is 1. The highest BCUT2D eigenvalue weighted by atomic mass is 16.4. The number of hydrogen-bond acceptors (Lipinski definition) is 3. The number of benzene rings is 3. The summed E-state index contributed by atoms with van der Waals surface area (Å²) in [6.07, 6.45) is 0. The molecule has 1 N–H and O–H groups in total. The van der Waals surface area contributed by atoms with Crippen LogP contribution in [-0.2, 0) is 0 Å². The third-order valence-electron chi connectivity index (χ3n) is 4.37. The number of aromatic carboxylic acids is 1. The number of imide groups is 1. The molecule has 126 valence electrons. The van der Waals surface area contributed by atoms with Gasteiger partial charge in [-0.05, 0) is 41.5 Å². The summed E-state index contributed by atoms with van der Waals surface area (Å²) in [5, 5.41) is 9.39. The van der Waals surface area contributed by atoms with E-state index in [-0.39, 0.29) is 17.4 Å². The van der Waals surface area contributed by atoms with Gasteiger partial charge in [-0.15, -0.1) is 0 Å². The molecule has 5 heteroatoms. The highest BCUT2D eigenvalue weighted by Gasteiger charge is 2.36. The van der Waals surface area contributed by atoms with Gasteiger partial charge in [0, 0.05) is 0 Å². The standard InChI is InChI=1S/C21H13NO4/c23-19-16-9-2-3-10-17(16)20(24)22(19)14-7-5-6-13(12-14)15-8-1-4-11-18(15)21(25)26/h1-12H,(H,25,26). The van der Waals surface area contributed by atoms with Crippen molar-refractivity contribution in [3.05, 3.63) is 89.5 Å². The molecule has 5 nitrogen and oxygen atoms in total. The van der Waals surface area contributed by atoms with Gasteiger partial charge in [-0.25, -0.2) is 9.69 Å². The minimum absolute atomic E-state index is 0.159. The zero-order valence-corrected chi connectivity index (χ0v) is 13.5. The lowest BCUT2D eigenvalue weighted by molar-refractivity contribution is 0.0697. The predicted molar refractivity (Wildman–Crippen MR) is 96.4 cm³/mol. The largest absolute Gasteiger partial charge is 0.478 e. The van der Waals surface area contributed by atoms with Crippen LogP contribution < -0.4 is 4.90 Å². The molecule has 3 aromatic rings. The number of fused-ring (bicyclic) bond motifs is 1. The number of anilines is 1. The molecule has 0 saturated heterocycles. The van der Waals surface area contributed by atoms with Crippen molar-refractivity contribution in [1.82, 2.24) is 0 Å². The van der Waals surface area contributed by atoms with Crippen molar-refractivity contribution >= 4 is 23.5 Å². The third-order valence-corrected chi connectivity index (χ3v) is 4.37. The fraction of sp³-hybridized carbons (Fsp3) is 0. The van der Waals surface area contributed by atoms with E-state index >= 15 is 0 Å². The minimum atomic E-state index is -1.04. The van der Waals surface area contributed by atoms with Crippen molar-refractivity contribution in [2.45, 2.75) is 0 Å². The SMILES string of the molecule is O=C(O)c1ccccc1-c1cccc(N2C(=O)c3ccccc3C2=O)c1. The molecule has 1 aliphatic heterocycles. The fourth-order valence-electron chi connectivity index (χ4n) is 3.16. The van der Waals surface area contributed by atoms with E-state index in [0.29, 0.717) is 27.9 Å². The van der Waals surface area contributed by atoms with Crippen LogP contribution in [0.3, 0.4) is 0 Å². The molecule has 0 bridgehead atoms. The Bertz CT molecular complexity index is 1040. The second-order valence-corrected chi connectivity index (χ2v) is 5.89. The smallest absolute Gasteiger partial charge is 0.336 e. The van der Waals surface area contributed by atoms with Crippen LogP contribution in [0.4, 0.5) is 5.69 Å². The summed E-state index contributed by atoms with van der Waals surface area (Å²) in [5.41, 5.74) is 2.46. The Morgan fingerprint density at radius 2 is 1.31 bits per heavy atom. The number of carboxylic acids is 1. The molecular weight excluding hydrogens is 330 g/mol. The predicted octanol–water partition coefficient (Wildman–Crippen LogP) is 3.85. The lowest BCUT2D eigenvalue weighted by atomic mass is 9.99. The summed E-state index contributed by atoms with van der Waals surface area (Å²) in [7, 11) is 0. The first kappa shape index (κ1) is 15.8. The normalized spacial score (nSPS) is 13.0. The Balaban J connectivity index is 1.80. The summed E-state index contributed by atoms with van der Waals surface area (Å²) in [5.74, 6) is -1.80. The van der Waals surface area contributed by atoms with Crippen molar-refractivity contribution < 1.29 is 19.5 Å². The first-order valence-corrected chi connectivity index (χ1v) is 7.98. The molecule has 0 atom stereocenters. The van der Waals surface area contributed by atoms with E-state index < -0.39 is 5.97 Å². The van der Waals surface area contributed by atoms with Crippen molar-refractivity contribution in [2.75, 3.05) is 4.90 Å². The van der Waals surface area contributed by atoms with Gasteiger partial charge in [0.1, 0.15) is 0 Å². The van der Waals surface area contributed by atoms with Crippen molar-refractivity contribution in [1.29, 1.82) is 0 Å². The van der Waals surface area contributed by atoms with Crippen LogP contribution in [0.2, 0.25) is 0 Å². The van der Waals surface area contributed by atoms with Crippen LogP contribution in [0.25, 0.3) is 11.1 Å². The highest BCUT2D eigenvalue weighted by Crippen LogP contribution is 2.32. The molecule has 1 heterocycles. The summed E-state index contributed by atoms with van der Waals surface area (Å²) in [6, 6.07) is 20.1. The van der Waals surface area contributed by atoms with Gasteiger partial charge >= 0.3 is 5.97 Å². The van der Waals surface area contributed by atoms with Crippen molar-refractivity contribution in [3.63, 3.8) is 0 Å². The van der Waals surface area contributed by atoms with Crippen LogP contribution in [0.5, 0.6) is 0 Å². The van der Waals surface area contributed by atoms with Crippen LogP contribution in [0, 0.1) is 0 Å². The molecule has 0 saturated carbocycles. The highest BCUT2D eigenvalue weighted by molar-refractivity contribution is 6.34. The zero-order valence-electron chi connectivity index (χ0n) is 13.5. The van der Waals surface area contributed by atoms with Gasteiger partial charge < -0.3 is 5.11 Å². The Morgan fingerprint density at radius 1 is 0.731 bits per heavy atom. The van der Waals surface area contributed by atoms with E-state index in [2.05, 4.69) is 0 Å². The minimum Gasteiger partial charge on any atom is -0.478 e. The molecule has 4 rings (SSSR count). The maximum atomic E-state index is 12.6. The maximum Gasteiger partial charge on any atom is 0.336 e. The summed E-state index contributed by atoms with van der Waals surface area (Å²) >= 11 is 0. The Kier molecular flexibility index (Phi) is 3.62. The molecular formula is C21H13NO4. The zero-order chi connectivity index (χ0) is 18.3. The molecule has 1 aliphatic rings. The molecule has 2 amide bonds. The molecule has 0 radical (unpaired) electrons. The molecule has 0 unspecified atom stereocenters. The van der Waals surface area contributed by atoms with Gasteiger partial charge in [0.25, 0.3) is 11.8 Å². The number of amides is 2. The second kappa shape index (κ2) is 5.97. The fourth-order valence-corrected chi connectivity index (χ4v) is 3.16. The van der Waals surface area contributed by atoms with E-state index in [9.17, 15) is 19.5 Å². The van der Waals surface area contributed by atoms with Gasteiger partial charge in [0.05, 0.1) is 22.4 Å². The number of carboxylic acid groups (broad SMARTS) is 1. The van der Waals surface area contributed by atoms with Gasteiger partial charge in [0.15, 0.2) is 0 Å². The summed E-state index contributed by atoms with van der Waals surface area (Å²) in [6.45, 7) is 0. The lowest BCUT2D eigenvalue weighted by Gasteiger charge is -2.15. The number of hydrogen-bond donors (Lipinski definition) is 1. The van der Waals surface area contributed by atoms with Crippen molar-refractivity contribution in [2.24, 2.45) is 0 Å². The quantitative estimate of drug-likeness (QED) is 0.733. The Labute approximate surface area is 149 Å². The van der Waals surface area contributed by atoms with E-state index in [1.807, 2.05) is 0 Å². The average molecular weight is 343 g/mol. The molecule has 0 aliphatic carbocycles. The molecule has 3 aromatic carbocycles. The summed E-state index contributed by atoms with van der Waals surface area (Å²) in [4.78, 5) is 37.9. The van der Waals surface area contributed by atoms with Gasteiger partial charge in [-0.1, -0.05) is 42.5 Å². The Morgan fingerprint density at radius 3 is 1.92 bits per heavy atom. The molecule has 0 fully saturated rings. The van der Waals surface area contributed by atoms with Crippen LogP contribution >= 0.6 is 0 Å². The van der Waals surface area contributed by atoms with E-state index in [1.54, 1.807) is 66.7 Å². The van der Waals surface area contributed by atoms with E-state index in [4.69, 9.17) is 0 Å². The van der Waals surface area contributed by atoms with Crippen LogP contribution in [-0.4, -0.2) is 22.9 Å². The number of rotatable bonds is 3. The first-order chi connectivity index (χ1) is 12.6. The Hall–Kier alpha value is -3.73. The van der Waals surface area contributed by atoms with Crippen molar-refractivity contribution in [3.8, 4) is 11.1 Å². The first-order valence-electron chi connectivity index (χ1n) is 7.98. The second-order valence-electron chi connectivity index (χ2n) is 5.89. The average Bonchev–Trinajstić information content (AvgIpc) is 2.93. The molecule has 0 aromatic heterocycles. The summed E-state index contributed by atoms with van der Waals surface area (Å²) < 4.78 is 0. The topological polar surface area (TPSA) is 74.7 Å². The van der Waals surface area contributed by atoms with E-state index in [0.717, 1.165) is 4.90 Å². The number of carbonyl (C=O) groups is 3. The van der Waals surface area contributed by atoms with Gasteiger partial charge in [0.2, 0.25) is 0 Å². The number of carbonyl (C=O) groups excluding carboxylic acids is 2.